The molecule has 1 fully saturated rings. The van der Waals surface area contributed by atoms with E-state index in [4.69, 9.17) is 4.74 Å². The van der Waals surface area contributed by atoms with E-state index in [1.54, 1.807) is 0 Å². The van der Waals surface area contributed by atoms with E-state index in [0.717, 1.165) is 5.56 Å². The molecule has 1 aromatic rings. The Balaban J connectivity index is 2.55. The molecule has 1 aliphatic rings. The normalized spacial score (nSPS) is 31.4. The minimum absolute atomic E-state index is 0.234. The van der Waals surface area contributed by atoms with Crippen molar-refractivity contribution in [3.05, 3.63) is 35.9 Å². The van der Waals surface area contributed by atoms with E-state index in [0.29, 0.717) is 0 Å². The Hall–Kier alpha value is -1.88. The summed E-state index contributed by atoms with van der Waals surface area (Å²) in [6, 6.07) is 9.56. The second-order valence-electron chi connectivity index (χ2n) is 7.39. The summed E-state index contributed by atoms with van der Waals surface area (Å²) in [6.45, 7) is 7.45. The van der Waals surface area contributed by atoms with Gasteiger partial charge < -0.3 is 15.2 Å². The Kier molecular flexibility index (Phi) is 4.28. The number of rotatable bonds is 2. The molecular weight excluding hydrogens is 294 g/mol. The highest BCUT2D eigenvalue weighted by Gasteiger charge is 2.60. The zero-order valence-corrected chi connectivity index (χ0v) is 14.3. The van der Waals surface area contributed by atoms with Crippen molar-refractivity contribution in [3.8, 4) is 0 Å². The standard InChI is InChI=1S/C18H25NO4/c1-16(2,3)18(12-9-7-6-8-10-12)11-13(20)17(4,14(21)19-18)15(22)23-5/h6-10,13,20H,11H2,1-5H3,(H,19,21). The van der Waals surface area contributed by atoms with Crippen LogP contribution in [0.5, 0.6) is 0 Å². The molecule has 0 aromatic heterocycles. The molecule has 1 aliphatic heterocycles. The number of carbonyl (C=O) groups excluding carboxylic acids is 2. The van der Waals surface area contributed by atoms with Crippen LogP contribution >= 0.6 is 0 Å². The molecule has 3 unspecified atom stereocenters. The molecule has 1 aromatic carbocycles. The summed E-state index contributed by atoms with van der Waals surface area (Å²) in [5, 5.41) is 13.7. The number of hydrogen-bond acceptors (Lipinski definition) is 4. The van der Waals surface area contributed by atoms with E-state index in [2.05, 4.69) is 5.32 Å². The van der Waals surface area contributed by atoms with Crippen molar-refractivity contribution >= 4 is 11.9 Å². The van der Waals surface area contributed by atoms with E-state index in [9.17, 15) is 14.7 Å². The van der Waals surface area contributed by atoms with Crippen molar-refractivity contribution in [2.75, 3.05) is 7.11 Å². The van der Waals surface area contributed by atoms with E-state index in [1.165, 1.54) is 14.0 Å². The highest BCUT2D eigenvalue weighted by Crippen LogP contribution is 2.48. The SMILES string of the molecule is COC(=O)C1(C)C(=O)NC(c2ccccc2)(C(C)(C)C)CC1O. The molecule has 0 radical (unpaired) electrons. The van der Waals surface area contributed by atoms with Gasteiger partial charge in [0, 0.05) is 6.42 Å². The summed E-state index contributed by atoms with van der Waals surface area (Å²) in [6.07, 6.45) is -0.902. The van der Waals surface area contributed by atoms with E-state index in [-0.39, 0.29) is 11.8 Å². The number of hydrogen-bond donors (Lipinski definition) is 2. The van der Waals surface area contributed by atoms with Crippen LogP contribution in [0, 0.1) is 10.8 Å². The van der Waals surface area contributed by atoms with Crippen LogP contribution in [0.1, 0.15) is 39.7 Å². The van der Waals surface area contributed by atoms with Crippen LogP contribution in [0.15, 0.2) is 30.3 Å². The first-order chi connectivity index (χ1) is 10.6. The third-order valence-electron chi connectivity index (χ3n) is 5.12. The highest BCUT2D eigenvalue weighted by molar-refractivity contribution is 6.04. The van der Waals surface area contributed by atoms with Gasteiger partial charge in [-0.3, -0.25) is 9.59 Å². The number of methoxy groups -OCH3 is 1. The molecular formula is C18H25NO4. The van der Waals surface area contributed by atoms with Crippen molar-refractivity contribution in [1.29, 1.82) is 0 Å². The average molecular weight is 319 g/mol. The van der Waals surface area contributed by atoms with Crippen LogP contribution in [0.25, 0.3) is 0 Å². The predicted octanol–water partition coefficient (Wildman–Crippen LogP) is 1.99. The third kappa shape index (κ3) is 2.53. The third-order valence-corrected chi connectivity index (χ3v) is 5.12. The summed E-state index contributed by atoms with van der Waals surface area (Å²) < 4.78 is 4.73. The summed E-state index contributed by atoms with van der Waals surface area (Å²) in [5.41, 5.74) is -1.81. The lowest BCUT2D eigenvalue weighted by Crippen LogP contribution is -2.68. The molecule has 3 atom stereocenters. The fourth-order valence-electron chi connectivity index (χ4n) is 3.30. The number of aliphatic hydroxyl groups excluding tert-OH is 1. The van der Waals surface area contributed by atoms with Crippen LogP contribution in [0.3, 0.4) is 0 Å². The first-order valence-electron chi connectivity index (χ1n) is 7.74. The lowest BCUT2D eigenvalue weighted by molar-refractivity contribution is -0.175. The van der Waals surface area contributed by atoms with E-state index >= 15 is 0 Å². The number of ether oxygens (including phenoxy) is 1. The van der Waals surface area contributed by atoms with Crippen molar-refractivity contribution in [3.63, 3.8) is 0 Å². The number of benzene rings is 1. The second-order valence-corrected chi connectivity index (χ2v) is 7.39. The maximum absolute atomic E-state index is 12.8. The molecule has 5 nitrogen and oxygen atoms in total. The Labute approximate surface area is 137 Å². The molecule has 126 valence electrons. The van der Waals surface area contributed by atoms with Gasteiger partial charge in [0.15, 0.2) is 5.41 Å². The molecule has 1 saturated heterocycles. The van der Waals surface area contributed by atoms with Gasteiger partial charge in [-0.1, -0.05) is 51.1 Å². The van der Waals surface area contributed by atoms with Crippen LogP contribution in [0.2, 0.25) is 0 Å². The van der Waals surface area contributed by atoms with Crippen molar-refractivity contribution in [1.82, 2.24) is 5.32 Å². The van der Waals surface area contributed by atoms with Crippen molar-refractivity contribution in [2.45, 2.75) is 45.8 Å². The largest absolute Gasteiger partial charge is 0.468 e. The van der Waals surface area contributed by atoms with Crippen molar-refractivity contribution in [2.24, 2.45) is 10.8 Å². The van der Waals surface area contributed by atoms with Gasteiger partial charge in [-0.25, -0.2) is 0 Å². The van der Waals surface area contributed by atoms with Gasteiger partial charge >= 0.3 is 5.97 Å². The van der Waals surface area contributed by atoms with E-state index < -0.39 is 28.9 Å². The van der Waals surface area contributed by atoms with Crippen LogP contribution in [0.4, 0.5) is 0 Å². The zero-order chi connectivity index (χ0) is 17.5. The lowest BCUT2D eigenvalue weighted by atomic mass is 9.60. The first-order valence-corrected chi connectivity index (χ1v) is 7.74. The molecule has 2 rings (SSSR count). The van der Waals surface area contributed by atoms with Gasteiger partial charge in [-0.2, -0.15) is 0 Å². The number of nitrogens with one attached hydrogen (secondary N) is 1. The Bertz CT molecular complexity index is 607. The lowest BCUT2D eigenvalue weighted by Gasteiger charge is -2.53. The van der Waals surface area contributed by atoms with Gasteiger partial charge in [0.05, 0.1) is 18.8 Å². The minimum atomic E-state index is -1.60. The number of amides is 1. The molecule has 2 N–H and O–H groups in total. The Morgan fingerprint density at radius 1 is 1.30 bits per heavy atom. The number of esters is 1. The Morgan fingerprint density at radius 3 is 2.30 bits per heavy atom. The second kappa shape index (κ2) is 5.64. The van der Waals surface area contributed by atoms with Gasteiger partial charge in [-0.15, -0.1) is 0 Å². The van der Waals surface area contributed by atoms with Gasteiger partial charge in [0.1, 0.15) is 0 Å². The number of piperidine rings is 1. The maximum atomic E-state index is 12.8. The summed E-state index contributed by atoms with van der Waals surface area (Å²) in [4.78, 5) is 24.9. The number of carbonyl (C=O) groups is 2. The molecule has 5 heteroatoms. The monoisotopic (exact) mass is 319 g/mol. The highest BCUT2D eigenvalue weighted by atomic mass is 16.5. The molecule has 0 spiro atoms. The fraction of sp³-hybridized carbons (Fsp3) is 0.556. The van der Waals surface area contributed by atoms with Crippen molar-refractivity contribution < 1.29 is 19.4 Å². The van der Waals surface area contributed by atoms with Gasteiger partial charge in [0.2, 0.25) is 5.91 Å². The first kappa shape index (κ1) is 17.5. The molecule has 1 amide bonds. The van der Waals surface area contributed by atoms with Crippen LogP contribution in [-0.2, 0) is 19.9 Å². The zero-order valence-electron chi connectivity index (χ0n) is 14.3. The maximum Gasteiger partial charge on any atom is 0.323 e. The summed E-state index contributed by atoms with van der Waals surface area (Å²) >= 11 is 0. The fourth-order valence-corrected chi connectivity index (χ4v) is 3.30. The van der Waals surface area contributed by atoms with Crippen LogP contribution in [-0.4, -0.2) is 30.2 Å². The molecule has 1 heterocycles. The average Bonchev–Trinajstić information content (AvgIpc) is 2.50. The predicted molar refractivity (Wildman–Crippen MR) is 86.5 cm³/mol. The topological polar surface area (TPSA) is 75.6 Å². The summed E-state index contributed by atoms with van der Waals surface area (Å²) in [5.74, 6) is -1.24. The molecule has 23 heavy (non-hydrogen) atoms. The number of aliphatic hydroxyl groups is 1. The van der Waals surface area contributed by atoms with Gasteiger partial charge in [0.25, 0.3) is 0 Å². The minimum Gasteiger partial charge on any atom is -0.468 e. The quantitative estimate of drug-likeness (QED) is 0.646. The van der Waals surface area contributed by atoms with E-state index in [1.807, 2.05) is 51.1 Å². The summed E-state index contributed by atoms with van der Waals surface area (Å²) in [7, 11) is 1.22. The molecule has 0 aliphatic carbocycles. The van der Waals surface area contributed by atoms with Crippen LogP contribution < -0.4 is 5.32 Å². The van der Waals surface area contributed by atoms with Gasteiger partial charge in [-0.05, 0) is 17.9 Å². The smallest absolute Gasteiger partial charge is 0.323 e. The molecule has 0 saturated carbocycles. The molecule has 0 bridgehead atoms. The Morgan fingerprint density at radius 2 is 1.87 bits per heavy atom.